The topological polar surface area (TPSA) is 83.6 Å². The van der Waals surface area contributed by atoms with Crippen molar-refractivity contribution in [3.05, 3.63) is 78.2 Å². The SMILES string of the molecule is O=C(Nc1cnc2ccccc2c1)c1cccc(CSc2ncn[nH]2)c1. The Labute approximate surface area is 154 Å². The number of pyridine rings is 1. The number of carbonyl (C=O) groups is 1. The zero-order chi connectivity index (χ0) is 17.8. The molecule has 0 saturated carbocycles. The summed E-state index contributed by atoms with van der Waals surface area (Å²) in [5.74, 6) is 0.544. The van der Waals surface area contributed by atoms with Crippen LogP contribution in [0.4, 0.5) is 5.69 Å². The van der Waals surface area contributed by atoms with E-state index < -0.39 is 0 Å². The average molecular weight is 361 g/mol. The van der Waals surface area contributed by atoms with Gasteiger partial charge < -0.3 is 5.32 Å². The van der Waals surface area contributed by atoms with Gasteiger partial charge >= 0.3 is 0 Å². The molecule has 6 nitrogen and oxygen atoms in total. The second-order valence-electron chi connectivity index (χ2n) is 5.65. The first kappa shape index (κ1) is 16.3. The number of hydrogen-bond acceptors (Lipinski definition) is 5. The van der Waals surface area contributed by atoms with Crippen LogP contribution in [0.2, 0.25) is 0 Å². The van der Waals surface area contributed by atoms with Crippen molar-refractivity contribution in [1.29, 1.82) is 0 Å². The third kappa shape index (κ3) is 3.73. The lowest BCUT2D eigenvalue weighted by molar-refractivity contribution is 0.102. The summed E-state index contributed by atoms with van der Waals surface area (Å²) < 4.78 is 0. The molecule has 1 amide bonds. The Morgan fingerprint density at radius 1 is 1.08 bits per heavy atom. The monoisotopic (exact) mass is 361 g/mol. The van der Waals surface area contributed by atoms with E-state index >= 15 is 0 Å². The van der Waals surface area contributed by atoms with Gasteiger partial charge in [-0.15, -0.1) is 0 Å². The Morgan fingerprint density at radius 2 is 2.00 bits per heavy atom. The van der Waals surface area contributed by atoms with Crippen molar-refractivity contribution in [3.63, 3.8) is 0 Å². The summed E-state index contributed by atoms with van der Waals surface area (Å²) in [7, 11) is 0. The van der Waals surface area contributed by atoms with Gasteiger partial charge in [-0.05, 0) is 29.8 Å². The van der Waals surface area contributed by atoms with Crippen molar-refractivity contribution in [1.82, 2.24) is 20.2 Å². The number of amides is 1. The third-order valence-electron chi connectivity index (χ3n) is 3.81. The predicted molar refractivity (Wildman–Crippen MR) is 102 cm³/mol. The number of nitrogens with zero attached hydrogens (tertiary/aromatic N) is 3. The number of benzene rings is 2. The number of thioether (sulfide) groups is 1. The van der Waals surface area contributed by atoms with Crippen molar-refractivity contribution < 1.29 is 4.79 Å². The van der Waals surface area contributed by atoms with Gasteiger partial charge in [-0.3, -0.25) is 14.9 Å². The minimum absolute atomic E-state index is 0.159. The Morgan fingerprint density at radius 3 is 2.88 bits per heavy atom. The highest BCUT2D eigenvalue weighted by Gasteiger charge is 2.08. The van der Waals surface area contributed by atoms with E-state index in [1.54, 1.807) is 12.3 Å². The summed E-state index contributed by atoms with van der Waals surface area (Å²) in [5, 5.41) is 11.3. The van der Waals surface area contributed by atoms with Gasteiger partial charge in [0.2, 0.25) is 0 Å². The van der Waals surface area contributed by atoms with Crippen LogP contribution in [-0.2, 0) is 5.75 Å². The normalized spacial score (nSPS) is 10.8. The van der Waals surface area contributed by atoms with Crippen LogP contribution in [0.15, 0.2) is 72.3 Å². The van der Waals surface area contributed by atoms with E-state index in [1.165, 1.54) is 18.1 Å². The first-order chi connectivity index (χ1) is 12.8. The standard InChI is InChI=1S/C19H15N5OS/c25-18(23-16-9-14-5-1-2-7-17(14)20-10-16)15-6-3-4-13(8-15)11-26-19-21-12-22-24-19/h1-10,12H,11H2,(H,23,25)(H,21,22,24). The predicted octanol–water partition coefficient (Wildman–Crippen LogP) is 3.90. The molecule has 0 unspecified atom stereocenters. The van der Waals surface area contributed by atoms with Gasteiger partial charge in [0.25, 0.3) is 5.91 Å². The molecule has 0 spiro atoms. The number of fused-ring (bicyclic) bond motifs is 1. The van der Waals surface area contributed by atoms with Crippen LogP contribution in [0, 0.1) is 0 Å². The Bertz CT molecular complexity index is 1050. The second-order valence-corrected chi connectivity index (χ2v) is 6.61. The summed E-state index contributed by atoms with van der Waals surface area (Å²) in [6, 6.07) is 17.3. The van der Waals surface area contributed by atoms with Crippen molar-refractivity contribution in [2.45, 2.75) is 10.9 Å². The van der Waals surface area contributed by atoms with Gasteiger partial charge in [-0.2, -0.15) is 5.10 Å². The quantitative estimate of drug-likeness (QED) is 0.527. The molecule has 0 aliphatic rings. The maximum absolute atomic E-state index is 12.6. The van der Waals surface area contributed by atoms with Gasteiger partial charge in [0.05, 0.1) is 17.4 Å². The molecule has 0 aliphatic heterocycles. The van der Waals surface area contributed by atoms with Crippen LogP contribution in [0.5, 0.6) is 0 Å². The van der Waals surface area contributed by atoms with E-state index in [0.29, 0.717) is 17.0 Å². The molecule has 2 aromatic heterocycles. The zero-order valence-corrected chi connectivity index (χ0v) is 14.5. The molecule has 0 atom stereocenters. The minimum Gasteiger partial charge on any atom is -0.321 e. The zero-order valence-electron chi connectivity index (χ0n) is 13.7. The molecular formula is C19H15N5OS. The molecule has 2 N–H and O–H groups in total. The number of aromatic nitrogens is 4. The lowest BCUT2D eigenvalue weighted by Crippen LogP contribution is -2.12. The van der Waals surface area contributed by atoms with E-state index in [-0.39, 0.29) is 5.91 Å². The number of aromatic amines is 1. The molecule has 128 valence electrons. The molecular weight excluding hydrogens is 346 g/mol. The number of hydrogen-bond donors (Lipinski definition) is 2. The van der Waals surface area contributed by atoms with Crippen LogP contribution in [0.3, 0.4) is 0 Å². The highest BCUT2D eigenvalue weighted by molar-refractivity contribution is 7.98. The minimum atomic E-state index is -0.159. The molecule has 4 aromatic rings. The molecule has 4 rings (SSSR count). The second kappa shape index (κ2) is 7.37. The van der Waals surface area contributed by atoms with E-state index in [2.05, 4.69) is 25.5 Å². The molecule has 0 bridgehead atoms. The number of anilines is 1. The van der Waals surface area contributed by atoms with Gasteiger partial charge in [-0.1, -0.05) is 42.1 Å². The molecule has 0 saturated heterocycles. The summed E-state index contributed by atoms with van der Waals surface area (Å²) in [6.07, 6.45) is 3.15. The molecule has 2 heterocycles. The van der Waals surface area contributed by atoms with Crippen molar-refractivity contribution >= 4 is 34.3 Å². The Kier molecular flexibility index (Phi) is 4.61. The van der Waals surface area contributed by atoms with Gasteiger partial charge in [0.15, 0.2) is 5.16 Å². The molecule has 0 radical (unpaired) electrons. The third-order valence-corrected chi connectivity index (χ3v) is 4.75. The summed E-state index contributed by atoms with van der Waals surface area (Å²) in [6.45, 7) is 0. The summed E-state index contributed by atoms with van der Waals surface area (Å²) >= 11 is 1.54. The maximum Gasteiger partial charge on any atom is 0.255 e. The highest BCUT2D eigenvalue weighted by atomic mass is 32.2. The molecule has 0 aliphatic carbocycles. The number of rotatable bonds is 5. The molecule has 2 aromatic carbocycles. The van der Waals surface area contributed by atoms with Gasteiger partial charge in [0, 0.05) is 16.7 Å². The van der Waals surface area contributed by atoms with Crippen LogP contribution in [0.1, 0.15) is 15.9 Å². The number of para-hydroxylation sites is 1. The molecule has 0 fully saturated rings. The van der Waals surface area contributed by atoms with Gasteiger partial charge in [0.1, 0.15) is 6.33 Å². The highest BCUT2D eigenvalue weighted by Crippen LogP contribution is 2.20. The fraction of sp³-hybridized carbons (Fsp3) is 0.0526. The Hall–Kier alpha value is -3.19. The number of nitrogens with one attached hydrogen (secondary N) is 2. The largest absolute Gasteiger partial charge is 0.321 e. The first-order valence-electron chi connectivity index (χ1n) is 8.01. The first-order valence-corrected chi connectivity index (χ1v) is 9.00. The summed E-state index contributed by atoms with van der Waals surface area (Å²) in [5.41, 5.74) is 3.22. The van der Waals surface area contributed by atoms with Crippen LogP contribution in [0.25, 0.3) is 10.9 Å². The van der Waals surface area contributed by atoms with Crippen molar-refractivity contribution in [3.8, 4) is 0 Å². The lowest BCUT2D eigenvalue weighted by Gasteiger charge is -2.07. The molecule has 26 heavy (non-hydrogen) atoms. The number of carbonyl (C=O) groups excluding carboxylic acids is 1. The maximum atomic E-state index is 12.6. The fourth-order valence-corrected chi connectivity index (χ4v) is 3.28. The van der Waals surface area contributed by atoms with Gasteiger partial charge in [-0.25, -0.2) is 4.98 Å². The van der Waals surface area contributed by atoms with Crippen LogP contribution in [-0.4, -0.2) is 26.1 Å². The number of H-pyrrole nitrogens is 1. The van der Waals surface area contributed by atoms with Crippen molar-refractivity contribution in [2.75, 3.05) is 5.32 Å². The fourth-order valence-electron chi connectivity index (χ4n) is 2.56. The molecule has 7 heteroatoms. The van der Waals surface area contributed by atoms with Crippen LogP contribution < -0.4 is 5.32 Å². The van der Waals surface area contributed by atoms with E-state index in [0.717, 1.165) is 21.6 Å². The average Bonchev–Trinajstić information content (AvgIpc) is 3.20. The smallest absolute Gasteiger partial charge is 0.255 e. The van der Waals surface area contributed by atoms with Crippen molar-refractivity contribution in [2.24, 2.45) is 0 Å². The Balaban J connectivity index is 1.47. The summed E-state index contributed by atoms with van der Waals surface area (Å²) in [4.78, 5) is 21.0. The lowest BCUT2D eigenvalue weighted by atomic mass is 10.1. The van der Waals surface area contributed by atoms with E-state index in [1.807, 2.05) is 48.5 Å². The van der Waals surface area contributed by atoms with Crippen LogP contribution >= 0.6 is 11.8 Å². The van der Waals surface area contributed by atoms with E-state index in [4.69, 9.17) is 0 Å². The van der Waals surface area contributed by atoms with E-state index in [9.17, 15) is 4.79 Å².